The van der Waals surface area contributed by atoms with E-state index >= 15 is 0 Å². The minimum atomic E-state index is -1.73. The Kier molecular flexibility index (Phi) is 21.5. The zero-order valence-electron chi connectivity index (χ0n) is 14.2. The summed E-state index contributed by atoms with van der Waals surface area (Å²) in [5.41, 5.74) is 0. The fourth-order valence-corrected chi connectivity index (χ4v) is 2.70. The maximum Gasteiger partial charge on any atom is 0.484 e. The van der Waals surface area contributed by atoms with Gasteiger partial charge in [-0.2, -0.15) is 0 Å². The molecule has 0 N–H and O–H groups in total. The molecule has 0 atom stereocenters. The monoisotopic (exact) mass is 327 g/mol. The molecule has 0 saturated carbocycles. The number of hydrogen-bond acceptors (Lipinski definition) is 3. The van der Waals surface area contributed by atoms with Gasteiger partial charge in [0.2, 0.25) is 0 Å². The van der Waals surface area contributed by atoms with E-state index in [0.717, 1.165) is 11.0 Å². The second-order valence-electron chi connectivity index (χ2n) is 4.79. The van der Waals surface area contributed by atoms with Crippen molar-refractivity contribution in [3.8, 4) is 0 Å². The molecule has 0 aromatic carbocycles. The maximum atomic E-state index is 5.22. The van der Waals surface area contributed by atoms with Gasteiger partial charge in [-0.25, -0.2) is 0 Å². The minimum absolute atomic E-state index is 0. The van der Waals surface area contributed by atoms with Crippen molar-refractivity contribution < 1.29 is 30.2 Å². The molecule has 20 heavy (non-hydrogen) atoms. The van der Waals surface area contributed by atoms with Crippen LogP contribution < -0.4 is 12.4 Å². The quantitative estimate of drug-likeness (QED) is 0.307. The lowest BCUT2D eigenvalue weighted by atomic mass is 10.3. The van der Waals surface area contributed by atoms with Crippen LogP contribution in [0.1, 0.15) is 34.1 Å². The normalized spacial score (nSPS) is 10.6. The highest BCUT2D eigenvalue weighted by Gasteiger charge is 2.11. The summed E-state index contributed by atoms with van der Waals surface area (Å²) in [6.45, 7) is 16.1. The Hall–Kier alpha value is 0.0869. The summed E-state index contributed by atoms with van der Waals surface area (Å²) in [4.78, 5) is 0. The van der Waals surface area contributed by atoms with Gasteiger partial charge in [-0.15, -0.1) is 0 Å². The summed E-state index contributed by atoms with van der Waals surface area (Å²) in [7, 11) is 2.72. The largest absolute Gasteiger partial charge is 1.00 e. The summed E-state index contributed by atoms with van der Waals surface area (Å²) in [6, 6.07) is 0. The van der Waals surface area contributed by atoms with Crippen molar-refractivity contribution in [1.29, 1.82) is 0 Å². The number of hydrogen-bond donors (Lipinski definition) is 0. The molecular weight excluding hydrogens is 294 g/mol. The molecule has 0 saturated heterocycles. The van der Waals surface area contributed by atoms with E-state index < -0.39 is 9.53 Å². The zero-order chi connectivity index (χ0) is 15.1. The first kappa shape index (κ1) is 25.1. The van der Waals surface area contributed by atoms with Crippen LogP contribution in [0.25, 0.3) is 0 Å². The third-order valence-electron chi connectivity index (χ3n) is 2.36. The molecule has 0 unspecified atom stereocenters. The third kappa shape index (κ3) is 18.1. The molecule has 0 aliphatic heterocycles. The van der Waals surface area contributed by atoms with Gasteiger partial charge in [-0.3, -0.25) is 0 Å². The molecule has 0 aliphatic rings. The first-order valence-electron chi connectivity index (χ1n) is 7.24. The average molecular weight is 328 g/mol. The molecule has 0 bridgehead atoms. The molecule has 0 spiro atoms. The molecule has 4 nitrogen and oxygen atoms in total. The van der Waals surface area contributed by atoms with E-state index in [1.165, 1.54) is 13.0 Å². The van der Waals surface area contributed by atoms with E-state index in [4.69, 9.17) is 13.3 Å². The molecule has 0 heterocycles. The highest BCUT2D eigenvalue weighted by molar-refractivity contribution is 6.36. The second-order valence-corrected chi connectivity index (χ2v) is 6.36. The summed E-state index contributed by atoms with van der Waals surface area (Å²) >= 11 is 0. The lowest BCUT2D eigenvalue weighted by Crippen LogP contribution is -3.00. The predicted molar refractivity (Wildman–Crippen MR) is 84.4 cm³/mol. The van der Waals surface area contributed by atoms with Crippen molar-refractivity contribution in [3.63, 3.8) is 0 Å². The minimum Gasteiger partial charge on any atom is -1.00 e. The summed E-state index contributed by atoms with van der Waals surface area (Å²) in [5.74, 6) is 0. The van der Waals surface area contributed by atoms with E-state index in [2.05, 4.69) is 27.6 Å². The first-order chi connectivity index (χ1) is 8.97. The molecule has 6 heteroatoms. The smallest absolute Gasteiger partial charge is 0.484 e. The van der Waals surface area contributed by atoms with Gasteiger partial charge in [-0.1, -0.05) is 13.5 Å². The van der Waals surface area contributed by atoms with Gasteiger partial charge < -0.3 is 30.2 Å². The molecule has 0 aromatic heterocycles. The standard InChI is InChI=1S/C8H18N.C6H16O3Si.ClH/c1-5-7-9(3,4)8-6-2;1-4-7-10(8-5-2)9-6-3;/h5H,1,6-8H2,2-4H3;10H,4-6H2,1-3H3;1H/q+1;;/p-1. The summed E-state index contributed by atoms with van der Waals surface area (Å²) in [5, 5.41) is 0. The predicted octanol–water partition coefficient (Wildman–Crippen LogP) is -0.524. The Morgan fingerprint density at radius 1 is 0.950 bits per heavy atom. The van der Waals surface area contributed by atoms with Gasteiger partial charge in [0.25, 0.3) is 0 Å². The Bertz CT molecular complexity index is 193. The Balaban J connectivity index is -0.000000277. The summed E-state index contributed by atoms with van der Waals surface area (Å²) < 4.78 is 16.7. The van der Waals surface area contributed by atoms with Crippen LogP contribution in [-0.2, 0) is 13.3 Å². The van der Waals surface area contributed by atoms with E-state index in [0.29, 0.717) is 19.8 Å². The number of halogens is 1. The maximum absolute atomic E-state index is 5.22. The van der Waals surface area contributed by atoms with Crippen molar-refractivity contribution in [2.45, 2.75) is 34.1 Å². The van der Waals surface area contributed by atoms with E-state index in [1.54, 1.807) is 0 Å². The Morgan fingerprint density at radius 3 is 1.60 bits per heavy atom. The average Bonchev–Trinajstić information content (AvgIpc) is 2.30. The molecule has 0 aromatic rings. The fraction of sp³-hybridized carbons (Fsp3) is 0.857. The van der Waals surface area contributed by atoms with Gasteiger partial charge in [-0.05, 0) is 33.3 Å². The fourth-order valence-electron chi connectivity index (χ4n) is 1.60. The number of nitrogens with zero attached hydrogens (tertiary/aromatic N) is 1. The van der Waals surface area contributed by atoms with Crippen LogP contribution in [0.2, 0.25) is 0 Å². The number of rotatable bonds is 10. The summed E-state index contributed by atoms with van der Waals surface area (Å²) in [6.07, 6.45) is 3.23. The molecule has 124 valence electrons. The SMILES string of the molecule is C=CC[N+](C)(C)CCC.CCO[SiH](OCC)OCC.[Cl-]. The first-order valence-corrected chi connectivity index (χ1v) is 8.66. The van der Waals surface area contributed by atoms with E-state index in [-0.39, 0.29) is 12.4 Å². The Labute approximate surface area is 134 Å². The Morgan fingerprint density at radius 2 is 1.35 bits per heavy atom. The molecule has 0 aliphatic carbocycles. The highest BCUT2D eigenvalue weighted by Crippen LogP contribution is 1.97. The van der Waals surface area contributed by atoms with Crippen molar-refractivity contribution in [2.75, 3.05) is 47.0 Å². The van der Waals surface area contributed by atoms with Crippen LogP contribution in [-0.4, -0.2) is 61.0 Å². The van der Waals surface area contributed by atoms with E-state index in [1.807, 2.05) is 26.8 Å². The van der Waals surface area contributed by atoms with Crippen LogP contribution >= 0.6 is 0 Å². The number of quaternary nitrogens is 1. The van der Waals surface area contributed by atoms with Gasteiger partial charge in [0, 0.05) is 19.8 Å². The molecule has 0 fully saturated rings. The van der Waals surface area contributed by atoms with Gasteiger partial charge >= 0.3 is 9.53 Å². The zero-order valence-corrected chi connectivity index (χ0v) is 16.1. The van der Waals surface area contributed by atoms with Crippen molar-refractivity contribution in [1.82, 2.24) is 0 Å². The van der Waals surface area contributed by atoms with Gasteiger partial charge in [0.05, 0.1) is 27.2 Å². The molecule has 0 rings (SSSR count). The lowest BCUT2D eigenvalue weighted by Gasteiger charge is -2.27. The van der Waals surface area contributed by atoms with Crippen molar-refractivity contribution in [2.24, 2.45) is 0 Å². The van der Waals surface area contributed by atoms with Crippen molar-refractivity contribution in [3.05, 3.63) is 12.7 Å². The van der Waals surface area contributed by atoms with Gasteiger partial charge in [0.15, 0.2) is 0 Å². The van der Waals surface area contributed by atoms with E-state index in [9.17, 15) is 0 Å². The van der Waals surface area contributed by atoms with Crippen molar-refractivity contribution >= 4 is 9.53 Å². The molecule has 0 radical (unpaired) electrons. The highest BCUT2D eigenvalue weighted by atomic mass is 35.5. The lowest BCUT2D eigenvalue weighted by molar-refractivity contribution is -0.884. The van der Waals surface area contributed by atoms with Gasteiger partial charge in [0.1, 0.15) is 0 Å². The molecular formula is C14H34ClNO3Si. The second kappa shape index (κ2) is 17.1. The van der Waals surface area contributed by atoms with Crippen LogP contribution in [0.5, 0.6) is 0 Å². The third-order valence-corrected chi connectivity index (χ3v) is 4.18. The molecule has 0 amide bonds. The van der Waals surface area contributed by atoms with Crippen LogP contribution in [0, 0.1) is 0 Å². The number of likely N-dealkylation sites (N-methyl/N-ethyl adjacent to an activating group) is 1. The van der Waals surface area contributed by atoms with Crippen LogP contribution in [0.3, 0.4) is 0 Å². The van der Waals surface area contributed by atoms with Crippen LogP contribution in [0.4, 0.5) is 0 Å². The van der Waals surface area contributed by atoms with Crippen LogP contribution in [0.15, 0.2) is 12.7 Å². The topological polar surface area (TPSA) is 27.7 Å².